The predicted octanol–water partition coefficient (Wildman–Crippen LogP) is 0.951. The average molecular weight is 184 g/mol. The van der Waals surface area contributed by atoms with Gasteiger partial charge in [0.25, 0.3) is 0 Å². The average Bonchev–Trinajstić information content (AvgIpc) is 2.66. The summed E-state index contributed by atoms with van der Waals surface area (Å²) >= 11 is 0. The minimum atomic E-state index is 0.331. The van der Waals surface area contributed by atoms with E-state index in [0.717, 1.165) is 26.2 Å². The van der Waals surface area contributed by atoms with Gasteiger partial charge < -0.3 is 9.80 Å². The molecule has 3 nitrogen and oxygen atoms in total. The second-order valence-corrected chi connectivity index (χ2v) is 3.73. The Morgan fingerprint density at radius 3 is 2.54 bits per heavy atom. The Bertz CT molecular complexity index is 164. The molecule has 1 aliphatic rings. The van der Waals surface area contributed by atoms with Gasteiger partial charge in [0.15, 0.2) is 0 Å². The van der Waals surface area contributed by atoms with E-state index in [-0.39, 0.29) is 0 Å². The van der Waals surface area contributed by atoms with Crippen molar-refractivity contribution in [2.75, 3.05) is 33.2 Å². The Balaban J connectivity index is 2.16. The summed E-state index contributed by atoms with van der Waals surface area (Å²) in [5, 5.41) is 0. The van der Waals surface area contributed by atoms with Gasteiger partial charge in [-0.1, -0.05) is 6.92 Å². The highest BCUT2D eigenvalue weighted by molar-refractivity contribution is 5.76. The first-order chi connectivity index (χ1) is 6.24. The second kappa shape index (κ2) is 5.22. The molecule has 0 atom stereocenters. The number of nitrogens with zero attached hydrogens (tertiary/aromatic N) is 2. The van der Waals surface area contributed by atoms with Crippen molar-refractivity contribution in [2.24, 2.45) is 0 Å². The van der Waals surface area contributed by atoms with Crippen molar-refractivity contribution < 1.29 is 4.79 Å². The van der Waals surface area contributed by atoms with E-state index in [0.29, 0.717) is 12.3 Å². The van der Waals surface area contributed by atoms with Crippen LogP contribution in [0.3, 0.4) is 0 Å². The maximum absolute atomic E-state index is 11.6. The van der Waals surface area contributed by atoms with E-state index in [4.69, 9.17) is 0 Å². The molecule has 1 heterocycles. The molecule has 1 aliphatic heterocycles. The number of likely N-dealkylation sites (tertiary alicyclic amines) is 1. The molecule has 0 radical (unpaired) electrons. The lowest BCUT2D eigenvalue weighted by Crippen LogP contribution is -2.31. The summed E-state index contributed by atoms with van der Waals surface area (Å²) in [6.45, 7) is 5.99. The highest BCUT2D eigenvalue weighted by Crippen LogP contribution is 2.08. The van der Waals surface area contributed by atoms with E-state index in [1.54, 1.807) is 0 Å². The number of carbonyl (C=O) groups excluding carboxylic acids is 1. The molecule has 0 aromatic heterocycles. The third-order valence-corrected chi connectivity index (χ3v) is 2.71. The fourth-order valence-electron chi connectivity index (χ4n) is 1.57. The summed E-state index contributed by atoms with van der Waals surface area (Å²) in [6.07, 6.45) is 3.06. The zero-order valence-corrected chi connectivity index (χ0v) is 8.75. The minimum absolute atomic E-state index is 0.331. The topological polar surface area (TPSA) is 23.6 Å². The molecule has 76 valence electrons. The molecule has 3 heteroatoms. The van der Waals surface area contributed by atoms with Gasteiger partial charge in [-0.2, -0.15) is 0 Å². The smallest absolute Gasteiger partial charge is 0.223 e. The van der Waals surface area contributed by atoms with Gasteiger partial charge in [-0.25, -0.2) is 0 Å². The van der Waals surface area contributed by atoms with Gasteiger partial charge in [-0.05, 0) is 26.4 Å². The molecule has 1 fully saturated rings. The van der Waals surface area contributed by atoms with Crippen LogP contribution in [0.25, 0.3) is 0 Å². The maximum atomic E-state index is 11.6. The lowest BCUT2D eigenvalue weighted by molar-refractivity contribution is -0.130. The Labute approximate surface area is 80.7 Å². The molecule has 0 bridgehead atoms. The number of rotatable bonds is 4. The predicted molar refractivity (Wildman–Crippen MR) is 53.6 cm³/mol. The summed E-state index contributed by atoms with van der Waals surface area (Å²) in [4.78, 5) is 15.7. The normalized spacial score (nSPS) is 17.0. The van der Waals surface area contributed by atoms with Crippen molar-refractivity contribution in [2.45, 2.75) is 26.2 Å². The molecule has 0 aromatic carbocycles. The maximum Gasteiger partial charge on any atom is 0.223 e. The fourth-order valence-corrected chi connectivity index (χ4v) is 1.57. The van der Waals surface area contributed by atoms with Crippen molar-refractivity contribution in [3.63, 3.8) is 0 Å². The van der Waals surface area contributed by atoms with E-state index < -0.39 is 0 Å². The first-order valence-corrected chi connectivity index (χ1v) is 5.20. The summed E-state index contributed by atoms with van der Waals surface area (Å²) in [5.41, 5.74) is 0. The Kier molecular flexibility index (Phi) is 4.22. The standard InChI is InChI=1S/C10H20N2O/c1-3-11(2)9-6-10(13)12-7-4-5-8-12/h3-9H2,1-2H3. The van der Waals surface area contributed by atoms with Crippen molar-refractivity contribution in [3.05, 3.63) is 0 Å². The first-order valence-electron chi connectivity index (χ1n) is 5.20. The van der Waals surface area contributed by atoms with Gasteiger partial charge in [-0.3, -0.25) is 4.79 Å². The minimum Gasteiger partial charge on any atom is -0.343 e. The van der Waals surface area contributed by atoms with Gasteiger partial charge in [0.05, 0.1) is 0 Å². The summed E-state index contributed by atoms with van der Waals surface area (Å²) in [5.74, 6) is 0.331. The van der Waals surface area contributed by atoms with Crippen LogP contribution in [0.2, 0.25) is 0 Å². The molecule has 0 spiro atoms. The largest absolute Gasteiger partial charge is 0.343 e. The number of amides is 1. The Hall–Kier alpha value is -0.570. The van der Waals surface area contributed by atoms with Crippen molar-refractivity contribution in [1.29, 1.82) is 0 Å². The molecular weight excluding hydrogens is 164 g/mol. The Morgan fingerprint density at radius 2 is 2.00 bits per heavy atom. The van der Waals surface area contributed by atoms with Crippen LogP contribution < -0.4 is 0 Å². The van der Waals surface area contributed by atoms with Crippen LogP contribution in [-0.4, -0.2) is 48.9 Å². The molecule has 0 unspecified atom stereocenters. The third kappa shape index (κ3) is 3.35. The van der Waals surface area contributed by atoms with Gasteiger partial charge in [-0.15, -0.1) is 0 Å². The van der Waals surface area contributed by atoms with Crippen LogP contribution in [0.1, 0.15) is 26.2 Å². The number of hydrogen-bond donors (Lipinski definition) is 0. The van der Waals surface area contributed by atoms with Gasteiger partial charge in [0.1, 0.15) is 0 Å². The molecule has 0 aromatic rings. The summed E-state index contributed by atoms with van der Waals surface area (Å²) in [6, 6.07) is 0. The van der Waals surface area contributed by atoms with E-state index in [9.17, 15) is 4.79 Å². The van der Waals surface area contributed by atoms with E-state index >= 15 is 0 Å². The molecule has 1 saturated heterocycles. The summed E-state index contributed by atoms with van der Waals surface area (Å²) in [7, 11) is 2.05. The molecule has 0 aliphatic carbocycles. The molecule has 0 saturated carbocycles. The highest BCUT2D eigenvalue weighted by atomic mass is 16.2. The first kappa shape index (κ1) is 10.5. The van der Waals surface area contributed by atoms with Crippen molar-refractivity contribution >= 4 is 5.91 Å². The lowest BCUT2D eigenvalue weighted by Gasteiger charge is -2.18. The van der Waals surface area contributed by atoms with E-state index in [1.165, 1.54) is 12.8 Å². The lowest BCUT2D eigenvalue weighted by atomic mass is 10.3. The highest BCUT2D eigenvalue weighted by Gasteiger charge is 2.17. The van der Waals surface area contributed by atoms with Crippen LogP contribution in [0.15, 0.2) is 0 Å². The number of carbonyl (C=O) groups is 1. The van der Waals surface area contributed by atoms with Gasteiger partial charge in [0.2, 0.25) is 5.91 Å². The second-order valence-electron chi connectivity index (χ2n) is 3.73. The molecule has 1 amide bonds. The van der Waals surface area contributed by atoms with Gasteiger partial charge >= 0.3 is 0 Å². The van der Waals surface area contributed by atoms with E-state index in [2.05, 4.69) is 18.9 Å². The Morgan fingerprint density at radius 1 is 1.38 bits per heavy atom. The third-order valence-electron chi connectivity index (χ3n) is 2.71. The van der Waals surface area contributed by atoms with Crippen molar-refractivity contribution in [1.82, 2.24) is 9.80 Å². The van der Waals surface area contributed by atoms with Crippen LogP contribution in [-0.2, 0) is 4.79 Å². The fraction of sp³-hybridized carbons (Fsp3) is 0.900. The van der Waals surface area contributed by atoms with Gasteiger partial charge in [0, 0.05) is 26.1 Å². The van der Waals surface area contributed by atoms with E-state index in [1.807, 2.05) is 4.90 Å². The monoisotopic (exact) mass is 184 g/mol. The molecule has 13 heavy (non-hydrogen) atoms. The number of hydrogen-bond acceptors (Lipinski definition) is 2. The zero-order valence-electron chi connectivity index (χ0n) is 8.75. The van der Waals surface area contributed by atoms with Crippen LogP contribution in [0, 0.1) is 0 Å². The quantitative estimate of drug-likeness (QED) is 0.649. The summed E-state index contributed by atoms with van der Waals surface area (Å²) < 4.78 is 0. The van der Waals surface area contributed by atoms with Crippen molar-refractivity contribution in [3.8, 4) is 0 Å². The van der Waals surface area contributed by atoms with Crippen LogP contribution in [0.5, 0.6) is 0 Å². The molecular formula is C10H20N2O. The molecule has 1 rings (SSSR count). The zero-order chi connectivity index (χ0) is 9.68. The van der Waals surface area contributed by atoms with Crippen LogP contribution >= 0.6 is 0 Å². The SMILES string of the molecule is CCN(C)CCC(=O)N1CCCC1. The van der Waals surface area contributed by atoms with Crippen LogP contribution in [0.4, 0.5) is 0 Å². The molecule has 0 N–H and O–H groups in total.